The van der Waals surface area contributed by atoms with E-state index >= 15 is 0 Å². The van der Waals surface area contributed by atoms with Crippen molar-refractivity contribution in [2.75, 3.05) is 14.2 Å². The maximum Gasteiger partial charge on any atom is 0.337 e. The number of benzene rings is 2. The highest BCUT2D eigenvalue weighted by Gasteiger charge is 2.30. The summed E-state index contributed by atoms with van der Waals surface area (Å²) in [6.07, 6.45) is 3.24. The molecule has 31 heavy (non-hydrogen) atoms. The Balaban J connectivity index is 1.77. The van der Waals surface area contributed by atoms with E-state index in [2.05, 4.69) is 4.98 Å². The molecule has 5 rings (SSSR count). The maximum atomic E-state index is 13.4. The number of methoxy groups -OCH3 is 2. The third kappa shape index (κ3) is 3.20. The van der Waals surface area contributed by atoms with Gasteiger partial charge in [-0.2, -0.15) is 0 Å². The first-order valence-corrected chi connectivity index (χ1v) is 10.1. The summed E-state index contributed by atoms with van der Waals surface area (Å²) in [4.78, 5) is 31.2. The van der Waals surface area contributed by atoms with Gasteiger partial charge in [0, 0.05) is 17.7 Å². The lowest BCUT2D eigenvalue weighted by molar-refractivity contribution is 0.408. The Kier molecular flexibility index (Phi) is 4.62. The molecule has 1 saturated carbocycles. The monoisotopic (exact) mass is 418 g/mol. The van der Waals surface area contributed by atoms with Crippen molar-refractivity contribution in [2.45, 2.75) is 25.4 Å². The van der Waals surface area contributed by atoms with Gasteiger partial charge in [0.05, 0.1) is 32.8 Å². The first-order chi connectivity index (χ1) is 15.1. The van der Waals surface area contributed by atoms with Crippen molar-refractivity contribution in [3.63, 3.8) is 0 Å². The summed E-state index contributed by atoms with van der Waals surface area (Å²) in [5, 5.41) is 0. The molecule has 0 radical (unpaired) electrons. The fourth-order valence-corrected chi connectivity index (χ4v) is 3.93. The number of para-hydroxylation sites is 1. The minimum atomic E-state index is -0.379. The van der Waals surface area contributed by atoms with Gasteiger partial charge in [-0.05, 0) is 31.0 Å². The van der Waals surface area contributed by atoms with Gasteiger partial charge in [0.2, 0.25) is 0 Å². The molecule has 2 heterocycles. The second kappa shape index (κ2) is 7.46. The first-order valence-electron chi connectivity index (χ1n) is 10.1. The lowest BCUT2D eigenvalue weighted by Gasteiger charge is -2.13. The Labute approximate surface area is 177 Å². The number of nitrogens with zero attached hydrogens (tertiary/aromatic N) is 4. The van der Waals surface area contributed by atoms with Crippen LogP contribution in [0.25, 0.3) is 16.9 Å². The fraction of sp³-hybridized carbons (Fsp3) is 0.261. The van der Waals surface area contributed by atoms with Gasteiger partial charge in [0.15, 0.2) is 11.2 Å². The molecule has 8 heteroatoms. The average Bonchev–Trinajstić information content (AvgIpc) is 3.54. The van der Waals surface area contributed by atoms with Crippen molar-refractivity contribution in [1.29, 1.82) is 0 Å². The molecule has 1 fully saturated rings. The van der Waals surface area contributed by atoms with E-state index in [9.17, 15) is 9.59 Å². The summed E-state index contributed by atoms with van der Waals surface area (Å²) < 4.78 is 15.4. The van der Waals surface area contributed by atoms with Crippen LogP contribution in [0.4, 0.5) is 0 Å². The predicted molar refractivity (Wildman–Crippen MR) is 117 cm³/mol. The number of rotatable bonds is 6. The standard InChI is InChI=1S/C23H22N4O4/c1-30-18-8-5-7-17(12-18)26-21-20(22(28)27(23(26)29)16-10-11-16)25(14-24-21)13-15-6-3-4-9-19(15)31-2/h3-9,12,14,16H,10-11,13H2,1-2H3. The smallest absolute Gasteiger partial charge is 0.337 e. The summed E-state index contributed by atoms with van der Waals surface area (Å²) in [5.41, 5.74) is 1.55. The second-order valence-corrected chi connectivity index (χ2v) is 7.58. The third-order valence-corrected chi connectivity index (χ3v) is 5.61. The van der Waals surface area contributed by atoms with E-state index < -0.39 is 0 Å². The highest BCUT2D eigenvalue weighted by molar-refractivity contribution is 5.73. The van der Waals surface area contributed by atoms with Crippen LogP contribution in [0.2, 0.25) is 0 Å². The fourth-order valence-electron chi connectivity index (χ4n) is 3.93. The molecule has 0 saturated heterocycles. The molecular weight excluding hydrogens is 396 g/mol. The second-order valence-electron chi connectivity index (χ2n) is 7.58. The highest BCUT2D eigenvalue weighted by Crippen LogP contribution is 2.33. The normalized spacial score (nSPS) is 13.5. The topological polar surface area (TPSA) is 80.3 Å². The van der Waals surface area contributed by atoms with E-state index in [4.69, 9.17) is 9.47 Å². The van der Waals surface area contributed by atoms with Crippen molar-refractivity contribution >= 4 is 11.2 Å². The summed E-state index contributed by atoms with van der Waals surface area (Å²) in [7, 11) is 3.19. The van der Waals surface area contributed by atoms with Crippen molar-refractivity contribution in [2.24, 2.45) is 0 Å². The van der Waals surface area contributed by atoms with Crippen LogP contribution in [-0.2, 0) is 6.54 Å². The van der Waals surface area contributed by atoms with Crippen LogP contribution in [0.1, 0.15) is 24.4 Å². The first kappa shape index (κ1) is 19.2. The molecule has 0 unspecified atom stereocenters. The summed E-state index contributed by atoms with van der Waals surface area (Å²) in [6, 6.07) is 14.8. The van der Waals surface area contributed by atoms with Crippen LogP contribution in [0.3, 0.4) is 0 Å². The van der Waals surface area contributed by atoms with E-state index in [1.165, 1.54) is 9.13 Å². The summed E-state index contributed by atoms with van der Waals surface area (Å²) in [5.74, 6) is 1.35. The third-order valence-electron chi connectivity index (χ3n) is 5.61. The van der Waals surface area contributed by atoms with Crippen molar-refractivity contribution in [3.05, 3.63) is 81.3 Å². The van der Waals surface area contributed by atoms with Crippen LogP contribution < -0.4 is 20.7 Å². The van der Waals surface area contributed by atoms with E-state index in [1.807, 2.05) is 42.5 Å². The number of hydrogen-bond acceptors (Lipinski definition) is 5. The van der Waals surface area contributed by atoms with Gasteiger partial charge in [-0.3, -0.25) is 9.36 Å². The Hall–Kier alpha value is -3.81. The van der Waals surface area contributed by atoms with Gasteiger partial charge in [0.1, 0.15) is 11.5 Å². The number of imidazole rings is 1. The number of fused-ring (bicyclic) bond motifs is 1. The molecule has 0 amide bonds. The molecule has 158 valence electrons. The SMILES string of the molecule is COc1cccc(-n2c(=O)n(C3CC3)c(=O)c3c2ncn3Cc2ccccc2OC)c1. The van der Waals surface area contributed by atoms with E-state index in [1.54, 1.807) is 31.2 Å². The van der Waals surface area contributed by atoms with Gasteiger partial charge in [-0.15, -0.1) is 0 Å². The molecule has 0 bridgehead atoms. The molecule has 4 aromatic rings. The Morgan fingerprint density at radius 2 is 1.84 bits per heavy atom. The van der Waals surface area contributed by atoms with Crippen LogP contribution in [0.5, 0.6) is 11.5 Å². The molecule has 0 aliphatic heterocycles. The lowest BCUT2D eigenvalue weighted by atomic mass is 10.2. The zero-order valence-electron chi connectivity index (χ0n) is 17.3. The number of hydrogen-bond donors (Lipinski definition) is 0. The summed E-state index contributed by atoms with van der Waals surface area (Å²) in [6.45, 7) is 0.400. The highest BCUT2D eigenvalue weighted by atomic mass is 16.5. The Morgan fingerprint density at radius 1 is 1.03 bits per heavy atom. The van der Waals surface area contributed by atoms with Gasteiger partial charge < -0.3 is 14.0 Å². The minimum Gasteiger partial charge on any atom is -0.497 e. The molecule has 0 atom stereocenters. The molecule has 1 aliphatic rings. The van der Waals surface area contributed by atoms with Crippen molar-refractivity contribution < 1.29 is 9.47 Å². The quantitative estimate of drug-likeness (QED) is 0.481. The van der Waals surface area contributed by atoms with E-state index in [0.717, 1.165) is 24.2 Å². The van der Waals surface area contributed by atoms with Crippen molar-refractivity contribution in [1.82, 2.24) is 18.7 Å². The van der Waals surface area contributed by atoms with Gasteiger partial charge >= 0.3 is 5.69 Å². The predicted octanol–water partition coefficient (Wildman–Crippen LogP) is 2.75. The molecule has 2 aromatic carbocycles. The van der Waals surface area contributed by atoms with Crippen LogP contribution in [0.15, 0.2) is 64.4 Å². The van der Waals surface area contributed by atoms with Gasteiger partial charge in [-0.1, -0.05) is 24.3 Å². The van der Waals surface area contributed by atoms with Gasteiger partial charge in [-0.25, -0.2) is 14.3 Å². The lowest BCUT2D eigenvalue weighted by Crippen LogP contribution is -2.39. The maximum absolute atomic E-state index is 13.4. The zero-order chi connectivity index (χ0) is 21.5. The molecule has 2 aromatic heterocycles. The van der Waals surface area contributed by atoms with E-state index in [0.29, 0.717) is 29.1 Å². The largest absolute Gasteiger partial charge is 0.497 e. The number of ether oxygens (including phenoxy) is 2. The van der Waals surface area contributed by atoms with Crippen LogP contribution >= 0.6 is 0 Å². The van der Waals surface area contributed by atoms with E-state index in [-0.39, 0.29) is 17.3 Å². The summed E-state index contributed by atoms with van der Waals surface area (Å²) >= 11 is 0. The zero-order valence-corrected chi connectivity index (χ0v) is 17.3. The number of aromatic nitrogens is 4. The van der Waals surface area contributed by atoms with Crippen LogP contribution in [-0.4, -0.2) is 32.9 Å². The Bertz CT molecular complexity index is 1390. The average molecular weight is 418 g/mol. The molecular formula is C23H22N4O4. The molecule has 1 aliphatic carbocycles. The van der Waals surface area contributed by atoms with Crippen LogP contribution in [0, 0.1) is 0 Å². The Morgan fingerprint density at radius 3 is 2.58 bits per heavy atom. The van der Waals surface area contributed by atoms with Gasteiger partial charge in [0.25, 0.3) is 5.56 Å². The minimum absolute atomic E-state index is 0.0733. The van der Waals surface area contributed by atoms with Crippen molar-refractivity contribution in [3.8, 4) is 17.2 Å². The molecule has 8 nitrogen and oxygen atoms in total. The molecule has 0 spiro atoms. The molecule has 0 N–H and O–H groups in total.